The van der Waals surface area contributed by atoms with Gasteiger partial charge in [0.1, 0.15) is 5.75 Å². The lowest BCUT2D eigenvalue weighted by atomic mass is 10.1. The normalized spacial score (nSPS) is 18.5. The quantitative estimate of drug-likeness (QED) is 0.830. The van der Waals surface area contributed by atoms with Gasteiger partial charge in [-0.05, 0) is 49.1 Å². The Hall–Kier alpha value is -1.88. The van der Waals surface area contributed by atoms with Gasteiger partial charge >= 0.3 is 0 Å². The van der Waals surface area contributed by atoms with Crippen LogP contribution in [0.25, 0.3) is 5.70 Å². The molecular formula is C17H21NO. The molecule has 100 valence electrons. The van der Waals surface area contributed by atoms with Crippen molar-refractivity contribution in [2.24, 2.45) is 0 Å². The van der Waals surface area contributed by atoms with E-state index in [0.29, 0.717) is 0 Å². The fraction of sp³-hybridized carbons (Fsp3) is 0.412. The number of rotatable bonds is 4. The van der Waals surface area contributed by atoms with Crippen molar-refractivity contribution in [1.29, 1.82) is 0 Å². The van der Waals surface area contributed by atoms with E-state index in [-0.39, 0.29) is 6.10 Å². The number of benzene rings is 1. The molecule has 2 heteroatoms. The van der Waals surface area contributed by atoms with Gasteiger partial charge in [-0.25, -0.2) is 0 Å². The molecule has 1 aromatic rings. The largest absolute Gasteiger partial charge is 0.478 e. The Morgan fingerprint density at radius 1 is 1.26 bits per heavy atom. The topological polar surface area (TPSA) is 21.3 Å². The molecule has 1 unspecified atom stereocenters. The molecule has 0 fully saturated rings. The van der Waals surface area contributed by atoms with Crippen LogP contribution in [-0.2, 0) is 0 Å². The van der Waals surface area contributed by atoms with Gasteiger partial charge in [-0.1, -0.05) is 24.8 Å². The SMILES string of the molecule is C=C(NC)c1ccc(OC2C#CCCCCC2)cc1. The van der Waals surface area contributed by atoms with Crippen molar-refractivity contribution in [3.8, 4) is 17.6 Å². The Morgan fingerprint density at radius 2 is 2.05 bits per heavy atom. The van der Waals surface area contributed by atoms with Gasteiger partial charge in [0.25, 0.3) is 0 Å². The maximum Gasteiger partial charge on any atom is 0.159 e. The molecule has 0 bridgehead atoms. The highest BCUT2D eigenvalue weighted by atomic mass is 16.5. The van der Waals surface area contributed by atoms with Gasteiger partial charge in [0, 0.05) is 19.2 Å². The third kappa shape index (κ3) is 4.06. The lowest BCUT2D eigenvalue weighted by Gasteiger charge is -2.15. The van der Waals surface area contributed by atoms with Gasteiger partial charge in [0.15, 0.2) is 6.10 Å². The van der Waals surface area contributed by atoms with Crippen LogP contribution in [0.4, 0.5) is 0 Å². The standard InChI is InChI=1S/C17H21NO/c1-14(18-2)15-10-12-17(13-11-15)19-16-8-6-4-3-5-7-9-16/h10-13,16,18H,1,3-6,8H2,2H3. The third-order valence-corrected chi connectivity index (χ3v) is 3.31. The molecule has 19 heavy (non-hydrogen) atoms. The van der Waals surface area contributed by atoms with Crippen molar-refractivity contribution >= 4 is 5.70 Å². The molecule has 0 heterocycles. The average molecular weight is 255 g/mol. The van der Waals surface area contributed by atoms with Crippen molar-refractivity contribution in [3.05, 3.63) is 36.4 Å². The highest BCUT2D eigenvalue weighted by Crippen LogP contribution is 2.19. The maximum absolute atomic E-state index is 5.94. The minimum atomic E-state index is 0.0404. The molecule has 1 N–H and O–H groups in total. The highest BCUT2D eigenvalue weighted by molar-refractivity contribution is 5.61. The Kier molecular flexibility index (Phi) is 4.92. The summed E-state index contributed by atoms with van der Waals surface area (Å²) >= 11 is 0. The Bertz CT molecular complexity index is 478. The molecular weight excluding hydrogens is 234 g/mol. The zero-order valence-corrected chi connectivity index (χ0v) is 11.5. The predicted octanol–water partition coefficient (Wildman–Crippen LogP) is 3.59. The third-order valence-electron chi connectivity index (χ3n) is 3.31. The molecule has 1 aromatic carbocycles. The van der Waals surface area contributed by atoms with E-state index < -0.39 is 0 Å². The van der Waals surface area contributed by atoms with Gasteiger partial charge in [0.2, 0.25) is 0 Å². The molecule has 1 aliphatic carbocycles. The minimum Gasteiger partial charge on any atom is -0.478 e. The van der Waals surface area contributed by atoms with Crippen molar-refractivity contribution in [3.63, 3.8) is 0 Å². The van der Waals surface area contributed by atoms with Gasteiger partial charge in [0.05, 0.1) is 0 Å². The molecule has 0 spiro atoms. The van der Waals surface area contributed by atoms with Crippen LogP contribution in [0.5, 0.6) is 5.75 Å². The summed E-state index contributed by atoms with van der Waals surface area (Å²) in [7, 11) is 1.87. The lowest BCUT2D eigenvalue weighted by Crippen LogP contribution is -2.15. The summed E-state index contributed by atoms with van der Waals surface area (Å²) in [5, 5.41) is 3.04. The van der Waals surface area contributed by atoms with Crippen LogP contribution in [-0.4, -0.2) is 13.2 Å². The maximum atomic E-state index is 5.94. The number of ether oxygens (including phenoxy) is 1. The van der Waals surface area contributed by atoms with E-state index in [9.17, 15) is 0 Å². The molecule has 0 aliphatic heterocycles. The zero-order valence-electron chi connectivity index (χ0n) is 11.5. The highest BCUT2D eigenvalue weighted by Gasteiger charge is 2.08. The van der Waals surface area contributed by atoms with Crippen molar-refractivity contribution in [2.75, 3.05) is 7.05 Å². The van der Waals surface area contributed by atoms with Crippen molar-refractivity contribution in [1.82, 2.24) is 5.32 Å². The molecule has 0 aromatic heterocycles. The molecule has 2 nitrogen and oxygen atoms in total. The van der Waals surface area contributed by atoms with Crippen molar-refractivity contribution in [2.45, 2.75) is 38.2 Å². The van der Waals surface area contributed by atoms with E-state index >= 15 is 0 Å². The van der Waals surface area contributed by atoms with Crippen LogP contribution in [0.3, 0.4) is 0 Å². The summed E-state index contributed by atoms with van der Waals surface area (Å²) in [5.41, 5.74) is 2.00. The number of hydrogen-bond donors (Lipinski definition) is 1. The van der Waals surface area contributed by atoms with E-state index in [1.807, 2.05) is 31.3 Å². The molecule has 0 radical (unpaired) electrons. The summed E-state index contributed by atoms with van der Waals surface area (Å²) in [6.45, 7) is 3.94. The summed E-state index contributed by atoms with van der Waals surface area (Å²) in [6, 6.07) is 8.01. The van der Waals surface area contributed by atoms with E-state index in [2.05, 4.69) is 23.7 Å². The summed E-state index contributed by atoms with van der Waals surface area (Å²) in [6.07, 6.45) is 5.75. The van der Waals surface area contributed by atoms with E-state index in [1.54, 1.807) is 0 Å². The van der Waals surface area contributed by atoms with E-state index in [1.165, 1.54) is 19.3 Å². The minimum absolute atomic E-state index is 0.0404. The lowest BCUT2D eigenvalue weighted by molar-refractivity contribution is 0.241. The van der Waals surface area contributed by atoms with Gasteiger partial charge in [-0.15, -0.1) is 0 Å². The second-order valence-electron chi connectivity index (χ2n) is 4.78. The first-order valence-electron chi connectivity index (χ1n) is 6.92. The number of hydrogen-bond acceptors (Lipinski definition) is 2. The van der Waals surface area contributed by atoms with Crippen LogP contribution >= 0.6 is 0 Å². The second kappa shape index (κ2) is 6.89. The monoisotopic (exact) mass is 255 g/mol. The second-order valence-corrected chi connectivity index (χ2v) is 4.78. The van der Waals surface area contributed by atoms with Gasteiger partial charge in [-0.3, -0.25) is 0 Å². The molecule has 0 saturated carbocycles. The molecule has 2 rings (SSSR count). The molecule has 0 amide bonds. The summed E-state index contributed by atoms with van der Waals surface area (Å²) in [5.74, 6) is 7.30. The first-order valence-corrected chi connectivity index (χ1v) is 6.92. The Labute approximate surface area is 115 Å². The first kappa shape index (κ1) is 13.5. The fourth-order valence-corrected chi connectivity index (χ4v) is 2.11. The van der Waals surface area contributed by atoms with Gasteiger partial charge in [-0.2, -0.15) is 0 Å². The smallest absolute Gasteiger partial charge is 0.159 e. The predicted molar refractivity (Wildman–Crippen MR) is 79.8 cm³/mol. The fourth-order valence-electron chi connectivity index (χ4n) is 2.11. The summed E-state index contributed by atoms with van der Waals surface area (Å²) in [4.78, 5) is 0. The van der Waals surface area contributed by atoms with Crippen LogP contribution in [0.15, 0.2) is 30.8 Å². The van der Waals surface area contributed by atoms with E-state index in [4.69, 9.17) is 4.74 Å². The first-order chi connectivity index (χ1) is 9.29. The van der Waals surface area contributed by atoms with Crippen LogP contribution in [0, 0.1) is 11.8 Å². The number of nitrogens with one attached hydrogen (secondary N) is 1. The van der Waals surface area contributed by atoms with Crippen molar-refractivity contribution < 1.29 is 4.74 Å². The van der Waals surface area contributed by atoms with Gasteiger partial charge < -0.3 is 10.1 Å². The van der Waals surface area contributed by atoms with Crippen LogP contribution in [0.1, 0.15) is 37.7 Å². The van der Waals surface area contributed by atoms with E-state index in [0.717, 1.165) is 29.9 Å². The Morgan fingerprint density at radius 3 is 2.79 bits per heavy atom. The zero-order chi connectivity index (χ0) is 13.5. The molecule has 0 saturated heterocycles. The van der Waals surface area contributed by atoms with Crippen LogP contribution < -0.4 is 10.1 Å². The average Bonchev–Trinajstić information content (AvgIpc) is 2.41. The summed E-state index contributed by atoms with van der Waals surface area (Å²) < 4.78 is 5.94. The molecule has 1 atom stereocenters. The van der Waals surface area contributed by atoms with Crippen LogP contribution in [0.2, 0.25) is 0 Å². The Balaban J connectivity index is 2.00. The molecule has 1 aliphatic rings.